The van der Waals surface area contributed by atoms with E-state index < -0.39 is 0 Å². The van der Waals surface area contributed by atoms with Crippen molar-refractivity contribution in [3.05, 3.63) is 223 Å². The summed E-state index contributed by atoms with van der Waals surface area (Å²) in [5, 5.41) is 2.45. The third-order valence-corrected chi connectivity index (χ3v) is 11.6. The van der Waals surface area contributed by atoms with Gasteiger partial charge in [0.15, 0.2) is 0 Å². The summed E-state index contributed by atoms with van der Waals surface area (Å²) in [5.74, 6) is 0. The van der Waals surface area contributed by atoms with Gasteiger partial charge in [-0.3, -0.25) is 0 Å². The normalized spacial score (nSPS) is 12.6. The van der Waals surface area contributed by atoms with Crippen LogP contribution in [0.1, 0.15) is 25.0 Å². The molecule has 0 amide bonds. The van der Waals surface area contributed by atoms with E-state index in [-0.39, 0.29) is 5.41 Å². The molecule has 0 fully saturated rings. The lowest BCUT2D eigenvalue weighted by Crippen LogP contribution is -2.17. The fourth-order valence-electron chi connectivity index (χ4n) is 8.87. The van der Waals surface area contributed by atoms with Crippen LogP contribution < -0.4 is 4.90 Å². The van der Waals surface area contributed by atoms with Gasteiger partial charge < -0.3 is 4.90 Å². The van der Waals surface area contributed by atoms with E-state index in [0.717, 1.165) is 17.1 Å². The molecule has 0 aliphatic heterocycles. The molecule has 266 valence electrons. The van der Waals surface area contributed by atoms with Gasteiger partial charge in [-0.15, -0.1) is 0 Å². The lowest BCUT2D eigenvalue weighted by atomic mass is 9.81. The van der Waals surface area contributed by atoms with E-state index in [1.165, 1.54) is 77.5 Å². The van der Waals surface area contributed by atoms with Gasteiger partial charge in [0.25, 0.3) is 0 Å². The van der Waals surface area contributed by atoms with Crippen LogP contribution in [0, 0.1) is 0 Å². The van der Waals surface area contributed by atoms with Crippen LogP contribution in [0.2, 0.25) is 0 Å². The molecule has 1 aliphatic rings. The fourth-order valence-corrected chi connectivity index (χ4v) is 8.87. The Bertz CT molecular complexity index is 2870. The van der Waals surface area contributed by atoms with Crippen LogP contribution in [0.25, 0.3) is 66.4 Å². The summed E-state index contributed by atoms with van der Waals surface area (Å²) in [6.45, 7) is 4.76. The van der Waals surface area contributed by atoms with E-state index in [1.807, 2.05) is 0 Å². The minimum absolute atomic E-state index is 0.193. The molecule has 0 spiro atoms. The van der Waals surface area contributed by atoms with Crippen molar-refractivity contribution in [3.8, 4) is 55.6 Å². The molecule has 0 unspecified atom stereocenters. The molecule has 0 radical (unpaired) electrons. The van der Waals surface area contributed by atoms with E-state index in [4.69, 9.17) is 0 Å². The van der Waals surface area contributed by atoms with E-state index in [9.17, 15) is 0 Å². The number of anilines is 3. The maximum atomic E-state index is 2.48. The Hall–Kier alpha value is -6.96. The van der Waals surface area contributed by atoms with Crippen molar-refractivity contribution in [2.45, 2.75) is 19.3 Å². The van der Waals surface area contributed by atoms with Gasteiger partial charge >= 0.3 is 0 Å². The minimum Gasteiger partial charge on any atom is -0.310 e. The van der Waals surface area contributed by atoms with E-state index >= 15 is 0 Å². The number of fused-ring (bicyclic) bond motifs is 4. The highest BCUT2D eigenvalue weighted by molar-refractivity contribution is 6.01. The first-order valence-electron chi connectivity index (χ1n) is 19.5. The quantitative estimate of drug-likeness (QED) is 0.159. The summed E-state index contributed by atoms with van der Waals surface area (Å²) >= 11 is 0. The van der Waals surface area contributed by atoms with Crippen molar-refractivity contribution < 1.29 is 0 Å². The van der Waals surface area contributed by atoms with Crippen LogP contribution in [0.5, 0.6) is 0 Å². The van der Waals surface area contributed by atoms with Crippen LogP contribution in [-0.2, 0) is 5.41 Å². The largest absolute Gasteiger partial charge is 0.310 e. The predicted octanol–water partition coefficient (Wildman–Crippen LogP) is 15.3. The van der Waals surface area contributed by atoms with Gasteiger partial charge in [-0.2, -0.15) is 0 Å². The first-order chi connectivity index (χ1) is 27.5. The molecule has 0 saturated heterocycles. The van der Waals surface area contributed by atoms with E-state index in [1.54, 1.807) is 0 Å². The zero-order valence-electron chi connectivity index (χ0n) is 31.7. The highest BCUT2D eigenvalue weighted by Gasteiger charge is 2.37. The third kappa shape index (κ3) is 5.72. The second kappa shape index (κ2) is 13.7. The Morgan fingerprint density at radius 2 is 0.857 bits per heavy atom. The third-order valence-electron chi connectivity index (χ3n) is 11.6. The molecule has 9 aromatic rings. The molecule has 0 aromatic heterocycles. The van der Waals surface area contributed by atoms with Crippen molar-refractivity contribution in [2.75, 3.05) is 4.90 Å². The highest BCUT2D eigenvalue weighted by atomic mass is 15.1. The zero-order chi connectivity index (χ0) is 37.6. The molecule has 9 aromatic carbocycles. The van der Waals surface area contributed by atoms with Gasteiger partial charge in [-0.25, -0.2) is 0 Å². The highest BCUT2D eigenvalue weighted by Crippen LogP contribution is 2.54. The summed E-state index contributed by atoms with van der Waals surface area (Å²) in [4.78, 5) is 2.48. The van der Waals surface area contributed by atoms with Gasteiger partial charge in [0.1, 0.15) is 0 Å². The number of rotatable bonds is 7. The van der Waals surface area contributed by atoms with Crippen LogP contribution in [0.15, 0.2) is 212 Å². The Morgan fingerprint density at radius 3 is 1.57 bits per heavy atom. The monoisotopic (exact) mass is 715 g/mol. The van der Waals surface area contributed by atoms with Crippen molar-refractivity contribution in [1.82, 2.24) is 0 Å². The summed E-state index contributed by atoms with van der Waals surface area (Å²) in [6, 6.07) is 77.7. The first kappa shape index (κ1) is 33.6. The molecular formula is C55H41N. The summed E-state index contributed by atoms with van der Waals surface area (Å²) in [5.41, 5.74) is 18.2. The summed E-state index contributed by atoms with van der Waals surface area (Å²) in [6.07, 6.45) is 0. The Balaban J connectivity index is 1.21. The molecule has 0 N–H and O–H groups in total. The molecular weight excluding hydrogens is 675 g/mol. The second-order valence-corrected chi connectivity index (χ2v) is 15.3. The first-order valence-corrected chi connectivity index (χ1v) is 19.5. The van der Waals surface area contributed by atoms with E-state index in [0.29, 0.717) is 0 Å². The van der Waals surface area contributed by atoms with Gasteiger partial charge in [-0.05, 0) is 114 Å². The van der Waals surface area contributed by atoms with Gasteiger partial charge in [-0.1, -0.05) is 184 Å². The Morgan fingerprint density at radius 1 is 0.321 bits per heavy atom. The summed E-state index contributed by atoms with van der Waals surface area (Å²) in [7, 11) is 0. The number of benzene rings is 9. The molecule has 1 aliphatic carbocycles. The zero-order valence-corrected chi connectivity index (χ0v) is 31.7. The van der Waals surface area contributed by atoms with Crippen molar-refractivity contribution >= 4 is 27.8 Å². The van der Waals surface area contributed by atoms with Gasteiger partial charge in [0, 0.05) is 22.4 Å². The second-order valence-electron chi connectivity index (χ2n) is 15.3. The maximum Gasteiger partial charge on any atom is 0.0540 e. The average molecular weight is 716 g/mol. The fraction of sp³-hybridized carbons (Fsp3) is 0.0545. The van der Waals surface area contributed by atoms with Gasteiger partial charge in [0.05, 0.1) is 5.69 Å². The average Bonchev–Trinajstić information content (AvgIpc) is 3.50. The molecule has 0 heterocycles. The maximum absolute atomic E-state index is 2.48. The number of hydrogen-bond donors (Lipinski definition) is 0. The molecule has 0 saturated carbocycles. The number of nitrogens with zero attached hydrogens (tertiary/aromatic N) is 1. The lowest BCUT2D eigenvalue weighted by molar-refractivity contribution is 0.660. The van der Waals surface area contributed by atoms with Crippen LogP contribution in [0.3, 0.4) is 0 Å². The smallest absolute Gasteiger partial charge is 0.0540 e. The van der Waals surface area contributed by atoms with Crippen molar-refractivity contribution in [2.24, 2.45) is 0 Å². The molecule has 1 heteroatoms. The number of para-hydroxylation sites is 1. The molecule has 1 nitrogen and oxygen atoms in total. The topological polar surface area (TPSA) is 3.24 Å². The SMILES string of the molecule is CC1(C)c2cc(N(c3cccc(-c4ccccc4)c3)c3ccccc3-c3cc4ccccc4cc3-c3ccccc3)ccc2-c2c(-c3ccccc3)cccc21. The molecule has 56 heavy (non-hydrogen) atoms. The number of hydrogen-bond acceptors (Lipinski definition) is 1. The Kier molecular flexibility index (Phi) is 8.23. The predicted molar refractivity (Wildman–Crippen MR) is 238 cm³/mol. The van der Waals surface area contributed by atoms with Crippen LogP contribution >= 0.6 is 0 Å². The lowest BCUT2D eigenvalue weighted by Gasteiger charge is -2.30. The molecule has 0 atom stereocenters. The summed E-state index contributed by atoms with van der Waals surface area (Å²) < 4.78 is 0. The van der Waals surface area contributed by atoms with E-state index in [2.05, 4.69) is 231 Å². The van der Waals surface area contributed by atoms with Gasteiger partial charge in [0.2, 0.25) is 0 Å². The minimum atomic E-state index is -0.193. The molecule has 10 rings (SSSR count). The van der Waals surface area contributed by atoms with Crippen molar-refractivity contribution in [3.63, 3.8) is 0 Å². The standard InChI is InChI=1S/C55H41N/c1-55(2)51-30-17-29-46(39-20-8-4-9-21-39)54(51)48-33-32-45(37-52(48)55)56(44-27-16-26-41(34-44)38-18-6-3-7-19-38)53-31-15-14-28-47(53)50-36-43-25-13-12-24-42(43)35-49(50)40-22-10-5-11-23-40/h3-37H,1-2H3. The van der Waals surface area contributed by atoms with Crippen LogP contribution in [-0.4, -0.2) is 0 Å². The van der Waals surface area contributed by atoms with Crippen LogP contribution in [0.4, 0.5) is 17.1 Å². The Labute approximate surface area is 329 Å². The van der Waals surface area contributed by atoms with Crippen molar-refractivity contribution in [1.29, 1.82) is 0 Å². The molecule has 0 bridgehead atoms.